The van der Waals surface area contributed by atoms with Gasteiger partial charge in [0.15, 0.2) is 26.8 Å². The fourth-order valence-electron chi connectivity index (χ4n) is 3.87. The molecule has 1 saturated carbocycles. The lowest BCUT2D eigenvalue weighted by molar-refractivity contribution is -0.147. The zero-order valence-electron chi connectivity index (χ0n) is 15.9. The standard InChI is InChI=1S/C21H19NO6S/c1-3-26-20(23)21(11-22)18(14-6-9-16-17(10-14)28-12-27-16)19(21)29(24,25)15-7-4-13(2)5-8-15/h4-10,18-19H,3,12H2,1-2H3/t18-,19+,21+/m0/s1. The molecule has 2 aromatic rings. The molecule has 1 fully saturated rings. The summed E-state index contributed by atoms with van der Waals surface area (Å²) in [6.45, 7) is 3.58. The van der Waals surface area contributed by atoms with Crippen LogP contribution in [0.4, 0.5) is 0 Å². The molecule has 1 heterocycles. The highest BCUT2D eigenvalue weighted by molar-refractivity contribution is 7.92. The minimum Gasteiger partial charge on any atom is -0.465 e. The highest BCUT2D eigenvalue weighted by atomic mass is 32.2. The van der Waals surface area contributed by atoms with Crippen LogP contribution in [0.5, 0.6) is 11.5 Å². The highest BCUT2D eigenvalue weighted by Crippen LogP contribution is 2.65. The topological polar surface area (TPSA) is 103 Å². The van der Waals surface area contributed by atoms with E-state index >= 15 is 0 Å². The minimum absolute atomic E-state index is 0.0490. The van der Waals surface area contributed by atoms with Gasteiger partial charge in [-0.2, -0.15) is 5.26 Å². The molecule has 0 aromatic heterocycles. The Morgan fingerprint density at radius 2 is 1.90 bits per heavy atom. The third kappa shape index (κ3) is 2.85. The monoisotopic (exact) mass is 413 g/mol. The zero-order chi connectivity index (χ0) is 20.8. The second-order valence-corrected chi connectivity index (χ2v) is 9.14. The van der Waals surface area contributed by atoms with E-state index in [-0.39, 0.29) is 18.3 Å². The van der Waals surface area contributed by atoms with Gasteiger partial charge in [-0.05, 0) is 43.7 Å². The molecule has 0 bridgehead atoms. The number of esters is 1. The number of fused-ring (bicyclic) bond motifs is 1. The van der Waals surface area contributed by atoms with Crippen molar-refractivity contribution in [1.29, 1.82) is 5.26 Å². The number of aryl methyl sites for hydroxylation is 1. The number of benzene rings is 2. The van der Waals surface area contributed by atoms with Gasteiger partial charge >= 0.3 is 5.97 Å². The largest absolute Gasteiger partial charge is 0.465 e. The van der Waals surface area contributed by atoms with Crippen LogP contribution in [0.3, 0.4) is 0 Å². The number of hydrogen-bond acceptors (Lipinski definition) is 7. The van der Waals surface area contributed by atoms with Gasteiger partial charge in [-0.15, -0.1) is 0 Å². The number of carbonyl (C=O) groups is 1. The lowest BCUT2D eigenvalue weighted by Gasteiger charge is -2.09. The van der Waals surface area contributed by atoms with Crippen molar-refractivity contribution in [3.8, 4) is 17.6 Å². The van der Waals surface area contributed by atoms with Crippen LogP contribution in [0.1, 0.15) is 24.0 Å². The van der Waals surface area contributed by atoms with E-state index in [1.807, 2.05) is 13.0 Å². The summed E-state index contributed by atoms with van der Waals surface area (Å²) in [6.07, 6.45) is 0. The maximum atomic E-state index is 13.4. The SMILES string of the molecule is CCOC(=O)[C@@]1(C#N)[C@H](S(=O)(=O)c2ccc(C)cc2)[C@@H]1c1ccc2c(c1)OCO2. The van der Waals surface area contributed by atoms with Gasteiger partial charge in [0.05, 0.1) is 17.6 Å². The van der Waals surface area contributed by atoms with E-state index in [2.05, 4.69) is 0 Å². The van der Waals surface area contributed by atoms with Gasteiger partial charge < -0.3 is 14.2 Å². The Bertz CT molecular complexity index is 1120. The molecule has 0 spiro atoms. The quantitative estimate of drug-likeness (QED) is 0.695. The van der Waals surface area contributed by atoms with E-state index in [0.29, 0.717) is 17.1 Å². The van der Waals surface area contributed by atoms with E-state index in [1.54, 1.807) is 37.3 Å². The third-order valence-corrected chi connectivity index (χ3v) is 7.61. The van der Waals surface area contributed by atoms with Crippen LogP contribution in [-0.2, 0) is 19.4 Å². The predicted octanol–water partition coefficient (Wildman–Crippen LogP) is 2.74. The Morgan fingerprint density at radius 3 is 2.55 bits per heavy atom. The molecule has 8 heteroatoms. The van der Waals surface area contributed by atoms with E-state index in [4.69, 9.17) is 14.2 Å². The number of rotatable bonds is 5. The summed E-state index contributed by atoms with van der Waals surface area (Å²) in [5.74, 6) is -0.708. The van der Waals surface area contributed by atoms with Crippen molar-refractivity contribution in [2.24, 2.45) is 5.41 Å². The van der Waals surface area contributed by atoms with Crippen LogP contribution in [0.25, 0.3) is 0 Å². The summed E-state index contributed by atoms with van der Waals surface area (Å²) in [6, 6.07) is 13.3. The Balaban J connectivity index is 1.82. The first-order valence-electron chi connectivity index (χ1n) is 9.15. The second-order valence-electron chi connectivity index (χ2n) is 7.07. The summed E-state index contributed by atoms with van der Waals surface area (Å²) < 4.78 is 42.6. The van der Waals surface area contributed by atoms with Crippen LogP contribution in [-0.4, -0.2) is 33.0 Å². The number of nitriles is 1. The average molecular weight is 413 g/mol. The summed E-state index contributed by atoms with van der Waals surface area (Å²) in [5.41, 5.74) is -0.387. The first kappa shape index (κ1) is 19.3. The minimum atomic E-state index is -3.97. The number of sulfone groups is 1. The molecule has 0 unspecified atom stereocenters. The number of ether oxygens (including phenoxy) is 3. The summed E-state index contributed by atoms with van der Waals surface area (Å²) >= 11 is 0. The number of hydrogen-bond donors (Lipinski definition) is 0. The van der Waals surface area contributed by atoms with Crippen molar-refractivity contribution in [3.63, 3.8) is 0 Å². The van der Waals surface area contributed by atoms with Gasteiger partial charge in [0.2, 0.25) is 6.79 Å². The molecule has 4 rings (SSSR count). The average Bonchev–Trinajstić information content (AvgIpc) is 3.20. The van der Waals surface area contributed by atoms with Gasteiger partial charge in [-0.3, -0.25) is 4.79 Å². The molecule has 0 N–H and O–H groups in total. The molecule has 0 radical (unpaired) electrons. The molecule has 2 aliphatic rings. The van der Waals surface area contributed by atoms with Crippen molar-refractivity contribution in [1.82, 2.24) is 0 Å². The van der Waals surface area contributed by atoms with Crippen LogP contribution in [0.15, 0.2) is 47.4 Å². The second kappa shape index (κ2) is 6.78. The molecule has 150 valence electrons. The van der Waals surface area contributed by atoms with E-state index in [0.717, 1.165) is 5.56 Å². The van der Waals surface area contributed by atoms with Crippen LogP contribution in [0, 0.1) is 23.7 Å². The number of nitrogens with zero attached hydrogens (tertiary/aromatic N) is 1. The van der Waals surface area contributed by atoms with Crippen LogP contribution >= 0.6 is 0 Å². The molecule has 3 atom stereocenters. The lowest BCUT2D eigenvalue weighted by atomic mass is 10.0. The van der Waals surface area contributed by atoms with E-state index in [9.17, 15) is 18.5 Å². The van der Waals surface area contributed by atoms with Crippen molar-refractivity contribution in [2.45, 2.75) is 29.9 Å². The molecule has 0 saturated heterocycles. The maximum absolute atomic E-state index is 13.4. The van der Waals surface area contributed by atoms with Gasteiger partial charge in [0.1, 0.15) is 5.25 Å². The van der Waals surface area contributed by atoms with Gasteiger partial charge in [0.25, 0.3) is 0 Å². The molecule has 1 aliphatic heterocycles. The fraction of sp³-hybridized carbons (Fsp3) is 0.333. The Hall–Kier alpha value is -3.05. The Labute approximate surface area is 168 Å². The molecule has 2 aromatic carbocycles. The summed E-state index contributed by atoms with van der Waals surface area (Å²) in [5, 5.41) is 8.68. The predicted molar refractivity (Wildman–Crippen MR) is 102 cm³/mol. The van der Waals surface area contributed by atoms with Gasteiger partial charge in [-0.25, -0.2) is 8.42 Å². The van der Waals surface area contributed by atoms with Gasteiger partial charge in [-0.1, -0.05) is 23.8 Å². The maximum Gasteiger partial charge on any atom is 0.328 e. The summed E-state index contributed by atoms with van der Waals surface area (Å²) in [7, 11) is -3.97. The molecular formula is C21H19NO6S. The van der Waals surface area contributed by atoms with E-state index in [1.165, 1.54) is 12.1 Å². The van der Waals surface area contributed by atoms with Gasteiger partial charge in [0, 0.05) is 5.92 Å². The highest BCUT2D eigenvalue weighted by Gasteiger charge is 2.77. The molecule has 0 amide bonds. The summed E-state index contributed by atoms with van der Waals surface area (Å²) in [4.78, 5) is 12.8. The smallest absolute Gasteiger partial charge is 0.328 e. The van der Waals surface area contributed by atoms with Crippen LogP contribution < -0.4 is 9.47 Å². The molecule has 29 heavy (non-hydrogen) atoms. The van der Waals surface area contributed by atoms with Crippen molar-refractivity contribution >= 4 is 15.8 Å². The zero-order valence-corrected chi connectivity index (χ0v) is 16.7. The van der Waals surface area contributed by atoms with Crippen LogP contribution in [0.2, 0.25) is 0 Å². The van der Waals surface area contributed by atoms with Crippen molar-refractivity contribution in [3.05, 3.63) is 53.6 Å². The third-order valence-electron chi connectivity index (χ3n) is 5.37. The first-order chi connectivity index (χ1) is 13.9. The first-order valence-corrected chi connectivity index (χ1v) is 10.7. The Morgan fingerprint density at radius 1 is 1.21 bits per heavy atom. The van der Waals surface area contributed by atoms with E-state index < -0.39 is 32.4 Å². The Kier molecular flexibility index (Phi) is 4.50. The van der Waals surface area contributed by atoms with Crippen molar-refractivity contribution in [2.75, 3.05) is 13.4 Å². The fourth-order valence-corrected chi connectivity index (χ4v) is 6.12. The number of carbonyl (C=O) groups excluding carboxylic acids is 1. The lowest BCUT2D eigenvalue weighted by Crippen LogP contribution is -2.25. The van der Waals surface area contributed by atoms with Crippen molar-refractivity contribution < 1.29 is 27.4 Å². The molecule has 7 nitrogen and oxygen atoms in total. The molecular weight excluding hydrogens is 394 g/mol. The normalized spacial score (nSPS) is 24.6. The molecule has 1 aliphatic carbocycles.